The minimum absolute atomic E-state index is 0.0184. The van der Waals surface area contributed by atoms with Gasteiger partial charge in [-0.2, -0.15) is 0 Å². The van der Waals surface area contributed by atoms with Gasteiger partial charge in [0.1, 0.15) is 5.78 Å². The minimum Gasteiger partial charge on any atom is -0.404 e. The monoisotopic (exact) mass is 380 g/mol. The Morgan fingerprint density at radius 2 is 1.48 bits per heavy atom. The summed E-state index contributed by atoms with van der Waals surface area (Å²) in [4.78, 5) is 12.0. The quantitative estimate of drug-likeness (QED) is 0.702. The number of hydrogen-bond donors (Lipinski definition) is 0. The van der Waals surface area contributed by atoms with E-state index >= 15 is 0 Å². The fourth-order valence-electron chi connectivity index (χ4n) is 4.55. The number of Topliss-reactive ketones (excluding diaryl/α,β-unsaturated/α-hetero) is 1. The number of carbonyl (C=O) groups is 1. The molecule has 0 aliphatic heterocycles. The summed E-state index contributed by atoms with van der Waals surface area (Å²) in [5.41, 5.74) is 0. The van der Waals surface area contributed by atoms with Crippen LogP contribution in [0.25, 0.3) is 0 Å². The standard InChI is InChI=1S/C24H32O2Si/c1-5-19-18-20(25)16-17-23(19)26-27(24(2,3)4,21-12-8-6-9-13-21)22-14-10-7-11-15-22/h6-15,19,23H,5,16-18H2,1-4H3/t19-,23-/m1/s1. The van der Waals surface area contributed by atoms with Crippen molar-refractivity contribution in [2.75, 3.05) is 0 Å². The lowest BCUT2D eigenvalue weighted by Crippen LogP contribution is -2.68. The number of carbonyl (C=O) groups excluding carboxylic acids is 1. The molecule has 3 rings (SSSR count). The Morgan fingerprint density at radius 3 is 1.93 bits per heavy atom. The van der Waals surface area contributed by atoms with Crippen LogP contribution in [0, 0.1) is 5.92 Å². The maximum Gasteiger partial charge on any atom is 0.261 e. The molecule has 2 aromatic rings. The average Bonchev–Trinajstić information content (AvgIpc) is 2.67. The molecule has 0 saturated heterocycles. The highest BCUT2D eigenvalue weighted by Gasteiger charge is 2.52. The highest BCUT2D eigenvalue weighted by molar-refractivity contribution is 6.99. The first-order chi connectivity index (χ1) is 12.9. The van der Waals surface area contributed by atoms with E-state index in [0.717, 1.165) is 12.8 Å². The summed E-state index contributed by atoms with van der Waals surface area (Å²) in [6, 6.07) is 21.6. The van der Waals surface area contributed by atoms with E-state index in [1.54, 1.807) is 0 Å². The maximum atomic E-state index is 12.0. The molecule has 2 nitrogen and oxygen atoms in total. The second-order valence-corrected chi connectivity index (χ2v) is 13.0. The molecule has 144 valence electrons. The normalized spacial score (nSPS) is 21.3. The Kier molecular flexibility index (Phi) is 6.02. The summed E-state index contributed by atoms with van der Waals surface area (Å²) >= 11 is 0. The third kappa shape index (κ3) is 3.95. The van der Waals surface area contributed by atoms with E-state index in [4.69, 9.17) is 4.43 Å². The Labute approximate surface area is 165 Å². The molecule has 1 aliphatic rings. The summed E-state index contributed by atoms with van der Waals surface area (Å²) < 4.78 is 7.25. The van der Waals surface area contributed by atoms with E-state index < -0.39 is 8.32 Å². The number of rotatable bonds is 5. The van der Waals surface area contributed by atoms with E-state index in [-0.39, 0.29) is 11.1 Å². The fourth-order valence-corrected chi connectivity index (χ4v) is 9.32. The summed E-state index contributed by atoms with van der Waals surface area (Å²) in [5.74, 6) is 0.719. The molecule has 27 heavy (non-hydrogen) atoms. The largest absolute Gasteiger partial charge is 0.404 e. The van der Waals surface area contributed by atoms with Gasteiger partial charge in [-0.25, -0.2) is 0 Å². The van der Waals surface area contributed by atoms with Gasteiger partial charge in [0.25, 0.3) is 8.32 Å². The van der Waals surface area contributed by atoms with Gasteiger partial charge in [-0.05, 0) is 27.8 Å². The molecular formula is C24H32O2Si. The van der Waals surface area contributed by atoms with Crippen LogP contribution in [-0.4, -0.2) is 20.2 Å². The molecule has 2 atom stereocenters. The van der Waals surface area contributed by atoms with Crippen molar-refractivity contribution in [3.05, 3.63) is 60.7 Å². The zero-order valence-electron chi connectivity index (χ0n) is 17.1. The summed E-state index contributed by atoms with van der Waals surface area (Å²) in [6.45, 7) is 9.13. The lowest BCUT2D eigenvalue weighted by Gasteiger charge is -2.47. The van der Waals surface area contributed by atoms with Crippen LogP contribution in [0.2, 0.25) is 5.04 Å². The van der Waals surface area contributed by atoms with Crippen LogP contribution in [-0.2, 0) is 9.22 Å². The third-order valence-corrected chi connectivity index (χ3v) is 11.1. The summed E-state index contributed by atoms with van der Waals surface area (Å²) in [5, 5.41) is 2.61. The van der Waals surface area contributed by atoms with Gasteiger partial charge in [0.05, 0.1) is 0 Å². The van der Waals surface area contributed by atoms with Crippen molar-refractivity contribution in [1.29, 1.82) is 0 Å². The maximum absolute atomic E-state index is 12.0. The molecule has 1 fully saturated rings. The number of ketones is 1. The van der Waals surface area contributed by atoms with Gasteiger partial charge in [0.2, 0.25) is 0 Å². The van der Waals surface area contributed by atoms with Gasteiger partial charge >= 0.3 is 0 Å². The Bertz CT molecular complexity index is 709. The van der Waals surface area contributed by atoms with E-state index in [2.05, 4.69) is 88.4 Å². The first-order valence-electron chi connectivity index (χ1n) is 10.2. The predicted molar refractivity (Wildman–Crippen MR) is 115 cm³/mol. The summed E-state index contributed by atoms with van der Waals surface area (Å²) in [6.07, 6.45) is 3.31. The van der Waals surface area contributed by atoms with Crippen LogP contribution >= 0.6 is 0 Å². The Morgan fingerprint density at radius 1 is 0.963 bits per heavy atom. The second-order valence-electron chi connectivity index (χ2n) is 8.77. The van der Waals surface area contributed by atoms with Gasteiger partial charge in [-0.15, -0.1) is 0 Å². The van der Waals surface area contributed by atoms with E-state index in [9.17, 15) is 4.79 Å². The first kappa shape index (κ1) is 20.0. The molecule has 0 bridgehead atoms. The molecule has 0 radical (unpaired) electrons. The van der Waals surface area contributed by atoms with Crippen LogP contribution in [0.5, 0.6) is 0 Å². The van der Waals surface area contributed by atoms with Gasteiger partial charge in [-0.1, -0.05) is 94.8 Å². The first-order valence-corrected chi connectivity index (χ1v) is 12.1. The van der Waals surface area contributed by atoms with E-state index in [1.165, 1.54) is 10.4 Å². The molecule has 0 amide bonds. The molecule has 1 saturated carbocycles. The van der Waals surface area contributed by atoms with Crippen molar-refractivity contribution < 1.29 is 9.22 Å². The van der Waals surface area contributed by atoms with Crippen molar-refractivity contribution in [1.82, 2.24) is 0 Å². The van der Waals surface area contributed by atoms with Gasteiger partial charge < -0.3 is 4.43 Å². The summed E-state index contributed by atoms with van der Waals surface area (Å²) in [7, 11) is -2.53. The Balaban J connectivity index is 2.13. The molecule has 0 N–H and O–H groups in total. The van der Waals surface area contributed by atoms with Crippen LogP contribution in [0.1, 0.15) is 53.4 Å². The van der Waals surface area contributed by atoms with Gasteiger partial charge in [0, 0.05) is 18.9 Å². The van der Waals surface area contributed by atoms with Crippen LogP contribution in [0.4, 0.5) is 0 Å². The molecular weight excluding hydrogens is 348 g/mol. The van der Waals surface area contributed by atoms with Crippen LogP contribution in [0.3, 0.4) is 0 Å². The second kappa shape index (κ2) is 8.11. The van der Waals surface area contributed by atoms with Crippen molar-refractivity contribution in [3.63, 3.8) is 0 Å². The third-order valence-electron chi connectivity index (χ3n) is 5.99. The van der Waals surface area contributed by atoms with E-state index in [1.807, 2.05) is 0 Å². The fraction of sp³-hybridized carbons (Fsp3) is 0.458. The predicted octanol–water partition coefficient (Wildman–Crippen LogP) is 4.71. The topological polar surface area (TPSA) is 26.3 Å². The van der Waals surface area contributed by atoms with Crippen molar-refractivity contribution in [3.8, 4) is 0 Å². The zero-order chi connectivity index (χ0) is 19.5. The lowest BCUT2D eigenvalue weighted by atomic mass is 9.84. The van der Waals surface area contributed by atoms with Gasteiger partial charge in [0.15, 0.2) is 0 Å². The lowest BCUT2D eigenvalue weighted by molar-refractivity contribution is -0.124. The highest BCUT2D eigenvalue weighted by Crippen LogP contribution is 2.40. The van der Waals surface area contributed by atoms with Crippen LogP contribution in [0.15, 0.2) is 60.7 Å². The van der Waals surface area contributed by atoms with Crippen molar-refractivity contribution in [2.24, 2.45) is 5.92 Å². The zero-order valence-corrected chi connectivity index (χ0v) is 18.1. The molecule has 2 aromatic carbocycles. The number of hydrogen-bond acceptors (Lipinski definition) is 2. The molecule has 0 heterocycles. The average molecular weight is 381 g/mol. The smallest absolute Gasteiger partial charge is 0.261 e. The van der Waals surface area contributed by atoms with Crippen LogP contribution < -0.4 is 10.4 Å². The molecule has 0 aromatic heterocycles. The SMILES string of the molecule is CC[C@@H]1CC(=O)CC[C@H]1O[Si](c1ccccc1)(c1ccccc1)C(C)(C)C. The highest BCUT2D eigenvalue weighted by atomic mass is 28.4. The Hall–Kier alpha value is -1.71. The van der Waals surface area contributed by atoms with Gasteiger partial charge in [-0.3, -0.25) is 4.79 Å². The molecule has 1 aliphatic carbocycles. The van der Waals surface area contributed by atoms with Crippen molar-refractivity contribution >= 4 is 24.5 Å². The minimum atomic E-state index is -2.53. The number of benzene rings is 2. The molecule has 0 spiro atoms. The molecule has 3 heteroatoms. The van der Waals surface area contributed by atoms with Crippen molar-refractivity contribution in [2.45, 2.75) is 64.5 Å². The van der Waals surface area contributed by atoms with E-state index in [0.29, 0.717) is 24.5 Å². The molecule has 0 unspecified atom stereocenters.